The summed E-state index contributed by atoms with van der Waals surface area (Å²) in [6.45, 7) is 7.69. The molecule has 1 aromatic heterocycles. The van der Waals surface area contributed by atoms with Gasteiger partial charge in [-0.15, -0.1) is 0 Å². The van der Waals surface area contributed by atoms with Crippen molar-refractivity contribution < 1.29 is 9.31 Å². The van der Waals surface area contributed by atoms with Gasteiger partial charge in [-0.25, -0.2) is 0 Å². The first-order valence-electron chi connectivity index (χ1n) is 5.23. The van der Waals surface area contributed by atoms with Gasteiger partial charge in [0.2, 0.25) is 0 Å². The Kier molecular flexibility index (Phi) is 2.80. The molecule has 0 N–H and O–H groups in total. The van der Waals surface area contributed by atoms with Crippen LogP contribution in [0, 0.1) is 12.3 Å². The zero-order valence-electron chi connectivity index (χ0n) is 9.49. The molecule has 0 saturated carbocycles. The van der Waals surface area contributed by atoms with E-state index in [4.69, 9.17) is 9.31 Å². The van der Waals surface area contributed by atoms with E-state index in [9.17, 15) is 0 Å². The lowest BCUT2D eigenvalue weighted by atomic mass is 9.77. The highest BCUT2D eigenvalue weighted by Gasteiger charge is 2.33. The molecule has 1 saturated heterocycles. The number of hydrogen-bond donors (Lipinski definition) is 0. The predicted octanol–water partition coefficient (Wildman–Crippen LogP) is 1.16. The summed E-state index contributed by atoms with van der Waals surface area (Å²) in [5.74, 6) is 0. The molecule has 1 aliphatic rings. The Balaban J connectivity index is 2.04. The van der Waals surface area contributed by atoms with E-state index < -0.39 is 0 Å². The average molecular weight is 205 g/mol. The molecule has 80 valence electrons. The van der Waals surface area contributed by atoms with E-state index in [2.05, 4.69) is 18.8 Å². The van der Waals surface area contributed by atoms with Gasteiger partial charge < -0.3 is 9.31 Å². The lowest BCUT2D eigenvalue weighted by Crippen LogP contribution is -2.47. The van der Waals surface area contributed by atoms with Gasteiger partial charge in [-0.3, -0.25) is 4.98 Å². The lowest BCUT2D eigenvalue weighted by Gasteiger charge is -2.32. The molecule has 15 heavy (non-hydrogen) atoms. The van der Waals surface area contributed by atoms with E-state index in [1.54, 1.807) is 0 Å². The summed E-state index contributed by atoms with van der Waals surface area (Å²) >= 11 is 0. The molecular weight excluding hydrogens is 189 g/mol. The summed E-state index contributed by atoms with van der Waals surface area (Å²) in [5, 5.41) is 0. The first-order valence-corrected chi connectivity index (χ1v) is 5.23. The molecule has 2 heterocycles. The quantitative estimate of drug-likeness (QED) is 0.644. The molecule has 0 bridgehead atoms. The Bertz CT molecular complexity index is 327. The summed E-state index contributed by atoms with van der Waals surface area (Å²) < 4.78 is 11.3. The van der Waals surface area contributed by atoms with Gasteiger partial charge in [0.15, 0.2) is 0 Å². The number of hydrogen-bond acceptors (Lipinski definition) is 3. The van der Waals surface area contributed by atoms with Crippen LogP contribution in [0.4, 0.5) is 0 Å². The highest BCUT2D eigenvalue weighted by atomic mass is 16.6. The van der Waals surface area contributed by atoms with Crippen molar-refractivity contribution in [2.75, 3.05) is 13.2 Å². The van der Waals surface area contributed by atoms with Crippen molar-refractivity contribution in [2.45, 2.75) is 20.8 Å². The van der Waals surface area contributed by atoms with Crippen molar-refractivity contribution in [3.63, 3.8) is 0 Å². The molecule has 0 amide bonds. The Hall–Kier alpha value is -0.865. The maximum atomic E-state index is 5.66. The first-order chi connectivity index (χ1) is 7.07. The van der Waals surface area contributed by atoms with E-state index in [0.29, 0.717) is 0 Å². The van der Waals surface area contributed by atoms with Gasteiger partial charge in [-0.05, 0) is 13.0 Å². The molecule has 1 aromatic rings. The predicted molar refractivity (Wildman–Crippen MR) is 60.0 cm³/mol. The van der Waals surface area contributed by atoms with Crippen LogP contribution in [0.3, 0.4) is 0 Å². The molecule has 3 nitrogen and oxygen atoms in total. The largest absolute Gasteiger partial charge is 0.495 e. The van der Waals surface area contributed by atoms with Crippen LogP contribution in [0.5, 0.6) is 0 Å². The van der Waals surface area contributed by atoms with Crippen LogP contribution in [0.2, 0.25) is 0 Å². The van der Waals surface area contributed by atoms with E-state index in [1.165, 1.54) is 0 Å². The fraction of sp³-hybridized carbons (Fsp3) is 0.545. The summed E-state index contributed by atoms with van der Waals surface area (Å²) in [7, 11) is -0.244. The van der Waals surface area contributed by atoms with Crippen LogP contribution in [-0.4, -0.2) is 25.3 Å². The molecule has 1 aliphatic heterocycles. The minimum absolute atomic E-state index is 0.120. The topological polar surface area (TPSA) is 31.4 Å². The van der Waals surface area contributed by atoms with Crippen molar-refractivity contribution >= 4 is 12.6 Å². The molecule has 0 aliphatic carbocycles. The van der Waals surface area contributed by atoms with E-state index in [1.807, 2.05) is 25.3 Å². The number of aromatic nitrogens is 1. The van der Waals surface area contributed by atoms with Gasteiger partial charge in [-0.2, -0.15) is 0 Å². The van der Waals surface area contributed by atoms with Crippen LogP contribution in [0.25, 0.3) is 0 Å². The smallest absolute Gasteiger partial charge is 0.407 e. The zero-order valence-corrected chi connectivity index (χ0v) is 9.49. The molecule has 0 spiro atoms. The average Bonchev–Trinajstić information content (AvgIpc) is 2.20. The maximum absolute atomic E-state index is 5.66. The van der Waals surface area contributed by atoms with Crippen LogP contribution in [0.15, 0.2) is 18.3 Å². The first kappa shape index (κ1) is 10.6. The second-order valence-corrected chi connectivity index (χ2v) is 4.85. The Morgan fingerprint density at radius 1 is 1.27 bits per heavy atom. The highest BCUT2D eigenvalue weighted by Crippen LogP contribution is 2.21. The standard InChI is InChI=1S/C11H16BNO2/c1-9-4-5-10(6-13-9)12-14-7-11(2,3)8-15-12/h4-6H,7-8H2,1-3H3. The van der Waals surface area contributed by atoms with Gasteiger partial charge >= 0.3 is 7.12 Å². The fourth-order valence-electron chi connectivity index (χ4n) is 1.50. The van der Waals surface area contributed by atoms with Crippen LogP contribution < -0.4 is 5.46 Å². The highest BCUT2D eigenvalue weighted by molar-refractivity contribution is 6.61. The van der Waals surface area contributed by atoms with Crippen molar-refractivity contribution in [3.8, 4) is 0 Å². The molecule has 4 heteroatoms. The molecular formula is C11H16BNO2. The van der Waals surface area contributed by atoms with Crippen LogP contribution >= 0.6 is 0 Å². The summed E-state index contributed by atoms with van der Waals surface area (Å²) in [4.78, 5) is 4.23. The summed E-state index contributed by atoms with van der Waals surface area (Å²) in [6, 6.07) is 3.98. The lowest BCUT2D eigenvalue weighted by molar-refractivity contribution is 0.0343. The second-order valence-electron chi connectivity index (χ2n) is 4.85. The van der Waals surface area contributed by atoms with Gasteiger partial charge in [0, 0.05) is 36.0 Å². The van der Waals surface area contributed by atoms with Crippen LogP contribution in [-0.2, 0) is 9.31 Å². The number of pyridine rings is 1. The number of nitrogens with zero attached hydrogens (tertiary/aromatic N) is 1. The van der Waals surface area contributed by atoms with Crippen LogP contribution in [0.1, 0.15) is 19.5 Å². The SMILES string of the molecule is Cc1ccc(B2OCC(C)(C)CO2)cn1. The fourth-order valence-corrected chi connectivity index (χ4v) is 1.50. The maximum Gasteiger partial charge on any atom is 0.495 e. The third-order valence-corrected chi connectivity index (χ3v) is 2.46. The molecule has 0 radical (unpaired) electrons. The molecule has 0 aromatic carbocycles. The molecule has 0 unspecified atom stereocenters. The Morgan fingerprint density at radius 2 is 1.93 bits per heavy atom. The van der Waals surface area contributed by atoms with E-state index in [-0.39, 0.29) is 12.5 Å². The summed E-state index contributed by atoms with van der Waals surface area (Å²) in [6.07, 6.45) is 1.82. The monoisotopic (exact) mass is 205 g/mol. The van der Waals surface area contributed by atoms with Crippen molar-refractivity contribution in [3.05, 3.63) is 24.0 Å². The minimum atomic E-state index is -0.244. The zero-order chi connectivity index (χ0) is 10.9. The van der Waals surface area contributed by atoms with E-state index in [0.717, 1.165) is 24.4 Å². The molecule has 1 fully saturated rings. The second kappa shape index (κ2) is 3.95. The van der Waals surface area contributed by atoms with E-state index >= 15 is 0 Å². The number of rotatable bonds is 1. The van der Waals surface area contributed by atoms with Crippen molar-refractivity contribution in [1.29, 1.82) is 0 Å². The third-order valence-electron chi connectivity index (χ3n) is 2.46. The van der Waals surface area contributed by atoms with Gasteiger partial charge in [0.25, 0.3) is 0 Å². The Labute approximate surface area is 91.0 Å². The number of aryl methyl sites for hydroxylation is 1. The third kappa shape index (κ3) is 2.58. The Morgan fingerprint density at radius 3 is 2.47 bits per heavy atom. The minimum Gasteiger partial charge on any atom is -0.407 e. The van der Waals surface area contributed by atoms with Gasteiger partial charge in [-0.1, -0.05) is 19.9 Å². The molecule has 0 atom stereocenters. The summed E-state index contributed by atoms with van der Waals surface area (Å²) in [5.41, 5.74) is 2.13. The van der Waals surface area contributed by atoms with Gasteiger partial charge in [0.05, 0.1) is 0 Å². The molecule has 2 rings (SSSR count). The van der Waals surface area contributed by atoms with Gasteiger partial charge in [0.1, 0.15) is 0 Å². The van der Waals surface area contributed by atoms with Crippen molar-refractivity contribution in [1.82, 2.24) is 4.98 Å². The normalized spacial score (nSPS) is 20.3. The van der Waals surface area contributed by atoms with Crippen molar-refractivity contribution in [2.24, 2.45) is 5.41 Å².